The summed E-state index contributed by atoms with van der Waals surface area (Å²) in [7, 11) is 0. The minimum absolute atomic E-state index is 0.107. The predicted molar refractivity (Wildman–Crippen MR) is 126 cm³/mol. The van der Waals surface area contributed by atoms with Gasteiger partial charge in [0.15, 0.2) is 6.61 Å². The van der Waals surface area contributed by atoms with Gasteiger partial charge >= 0.3 is 0 Å². The Labute approximate surface area is 193 Å². The zero-order valence-electron chi connectivity index (χ0n) is 18.3. The minimum atomic E-state index is -0.581. The zero-order chi connectivity index (χ0) is 22.2. The van der Waals surface area contributed by atoms with Gasteiger partial charge in [0, 0.05) is 17.1 Å². The van der Waals surface area contributed by atoms with Crippen LogP contribution in [-0.2, 0) is 22.6 Å². The number of hydrogen-bond acceptors (Lipinski definition) is 3. The van der Waals surface area contributed by atoms with E-state index in [-0.39, 0.29) is 24.5 Å². The molecular formula is C25H31BrN2O3. The number of amides is 2. The highest BCUT2D eigenvalue weighted by Gasteiger charge is 2.28. The first-order valence-electron chi connectivity index (χ1n) is 11.0. The number of carbonyl (C=O) groups excluding carboxylic acids is 2. The summed E-state index contributed by atoms with van der Waals surface area (Å²) in [4.78, 5) is 27.6. The molecule has 0 aliphatic heterocycles. The van der Waals surface area contributed by atoms with E-state index in [0.29, 0.717) is 12.3 Å². The number of rotatable bonds is 9. The van der Waals surface area contributed by atoms with E-state index in [0.717, 1.165) is 42.1 Å². The first kappa shape index (κ1) is 23.3. The summed E-state index contributed by atoms with van der Waals surface area (Å²) in [5.74, 6) is 0.332. The minimum Gasteiger partial charge on any atom is -0.484 e. The molecule has 0 saturated heterocycles. The van der Waals surface area contributed by atoms with Crippen LogP contribution in [0.3, 0.4) is 0 Å². The molecule has 0 heterocycles. The molecule has 0 aromatic heterocycles. The molecular weight excluding hydrogens is 456 g/mol. The maximum atomic E-state index is 13.1. The van der Waals surface area contributed by atoms with Crippen molar-refractivity contribution in [3.8, 4) is 5.75 Å². The summed E-state index contributed by atoms with van der Waals surface area (Å²) in [6.45, 7) is 4.13. The van der Waals surface area contributed by atoms with Gasteiger partial charge in [-0.05, 0) is 61.6 Å². The predicted octanol–water partition coefficient (Wildman–Crippen LogP) is 4.87. The molecule has 2 aromatic carbocycles. The topological polar surface area (TPSA) is 58.6 Å². The number of nitrogens with zero attached hydrogens (tertiary/aromatic N) is 1. The molecule has 6 heteroatoms. The summed E-state index contributed by atoms with van der Waals surface area (Å²) >= 11 is 3.44. The Morgan fingerprint density at radius 1 is 1.06 bits per heavy atom. The van der Waals surface area contributed by atoms with Crippen molar-refractivity contribution in [1.82, 2.24) is 10.2 Å². The van der Waals surface area contributed by atoms with Crippen LogP contribution in [-0.4, -0.2) is 35.4 Å². The summed E-state index contributed by atoms with van der Waals surface area (Å²) in [5, 5.41) is 3.11. The second-order valence-corrected chi connectivity index (χ2v) is 9.02. The van der Waals surface area contributed by atoms with Gasteiger partial charge in [-0.1, -0.05) is 60.0 Å². The average Bonchev–Trinajstić information content (AvgIpc) is 3.30. The van der Waals surface area contributed by atoms with Gasteiger partial charge in [0.25, 0.3) is 5.91 Å². The van der Waals surface area contributed by atoms with Gasteiger partial charge in [0.2, 0.25) is 5.91 Å². The van der Waals surface area contributed by atoms with Gasteiger partial charge in [-0.3, -0.25) is 9.59 Å². The molecule has 0 unspecified atom stereocenters. The van der Waals surface area contributed by atoms with Gasteiger partial charge in [-0.15, -0.1) is 0 Å². The Bertz CT molecular complexity index is 861. The smallest absolute Gasteiger partial charge is 0.261 e. The molecule has 0 radical (unpaired) electrons. The van der Waals surface area contributed by atoms with Crippen LogP contribution < -0.4 is 10.1 Å². The third kappa shape index (κ3) is 6.82. The van der Waals surface area contributed by atoms with Crippen LogP contribution in [0.25, 0.3) is 0 Å². The highest BCUT2D eigenvalue weighted by molar-refractivity contribution is 9.10. The lowest BCUT2D eigenvalue weighted by Gasteiger charge is -2.29. The van der Waals surface area contributed by atoms with Crippen LogP contribution >= 0.6 is 15.9 Å². The molecule has 1 aliphatic rings. The molecule has 2 amide bonds. The SMILES string of the molecule is CCc1ccc(OCC(=O)N(Cc2ccc(Br)cc2)[C@H](C)C(=O)NC2CCCC2)cc1. The van der Waals surface area contributed by atoms with Crippen LogP contribution in [0.4, 0.5) is 0 Å². The second-order valence-electron chi connectivity index (χ2n) is 8.10. The van der Waals surface area contributed by atoms with E-state index in [2.05, 4.69) is 28.2 Å². The molecule has 1 atom stereocenters. The highest BCUT2D eigenvalue weighted by Crippen LogP contribution is 2.19. The molecule has 1 N–H and O–H groups in total. The third-order valence-electron chi connectivity index (χ3n) is 5.83. The maximum absolute atomic E-state index is 13.1. The number of hydrogen-bond donors (Lipinski definition) is 1. The Balaban J connectivity index is 1.68. The normalized spacial score (nSPS) is 14.8. The lowest BCUT2D eigenvalue weighted by atomic mass is 10.1. The van der Waals surface area contributed by atoms with E-state index in [9.17, 15) is 9.59 Å². The molecule has 0 bridgehead atoms. The Morgan fingerprint density at radius 3 is 2.29 bits per heavy atom. The Morgan fingerprint density at radius 2 is 1.68 bits per heavy atom. The van der Waals surface area contributed by atoms with Gasteiger partial charge in [0.05, 0.1) is 0 Å². The second kappa shape index (κ2) is 11.3. The molecule has 1 fully saturated rings. The van der Waals surface area contributed by atoms with E-state index in [1.807, 2.05) is 48.5 Å². The van der Waals surface area contributed by atoms with E-state index < -0.39 is 6.04 Å². The molecule has 166 valence electrons. The fraction of sp³-hybridized carbons (Fsp3) is 0.440. The molecule has 1 saturated carbocycles. The first-order valence-corrected chi connectivity index (χ1v) is 11.8. The quantitative estimate of drug-likeness (QED) is 0.550. The fourth-order valence-corrected chi connectivity index (χ4v) is 4.07. The van der Waals surface area contributed by atoms with E-state index in [4.69, 9.17) is 4.74 Å². The molecule has 1 aliphatic carbocycles. The van der Waals surface area contributed by atoms with Gasteiger partial charge in [-0.25, -0.2) is 0 Å². The van der Waals surface area contributed by atoms with Crippen LogP contribution in [0.5, 0.6) is 5.75 Å². The van der Waals surface area contributed by atoms with Crippen molar-refractivity contribution in [2.24, 2.45) is 0 Å². The van der Waals surface area contributed by atoms with Gasteiger partial charge in [-0.2, -0.15) is 0 Å². The van der Waals surface area contributed by atoms with Crippen LogP contribution in [0.2, 0.25) is 0 Å². The summed E-state index contributed by atoms with van der Waals surface area (Å²) in [5.41, 5.74) is 2.18. The van der Waals surface area contributed by atoms with Crippen molar-refractivity contribution in [1.29, 1.82) is 0 Å². The van der Waals surface area contributed by atoms with Crippen LogP contribution in [0, 0.1) is 0 Å². The van der Waals surface area contributed by atoms with E-state index >= 15 is 0 Å². The molecule has 5 nitrogen and oxygen atoms in total. The van der Waals surface area contributed by atoms with Crippen LogP contribution in [0.1, 0.15) is 50.7 Å². The summed E-state index contributed by atoms with van der Waals surface area (Å²) < 4.78 is 6.71. The van der Waals surface area contributed by atoms with Crippen molar-refractivity contribution < 1.29 is 14.3 Å². The van der Waals surface area contributed by atoms with Crippen molar-refractivity contribution in [2.75, 3.05) is 6.61 Å². The maximum Gasteiger partial charge on any atom is 0.261 e. The zero-order valence-corrected chi connectivity index (χ0v) is 19.9. The lowest BCUT2D eigenvalue weighted by molar-refractivity contribution is -0.142. The van der Waals surface area contributed by atoms with Crippen molar-refractivity contribution in [3.05, 3.63) is 64.1 Å². The average molecular weight is 487 g/mol. The molecule has 3 rings (SSSR count). The monoisotopic (exact) mass is 486 g/mol. The summed E-state index contributed by atoms with van der Waals surface area (Å²) in [6, 6.07) is 15.2. The first-order chi connectivity index (χ1) is 15.0. The van der Waals surface area contributed by atoms with Gasteiger partial charge < -0.3 is 15.0 Å². The largest absolute Gasteiger partial charge is 0.484 e. The lowest BCUT2D eigenvalue weighted by Crippen LogP contribution is -2.50. The molecule has 0 spiro atoms. The number of ether oxygens (including phenoxy) is 1. The van der Waals surface area contributed by atoms with E-state index in [1.54, 1.807) is 11.8 Å². The Hall–Kier alpha value is -2.34. The number of aryl methyl sites for hydroxylation is 1. The van der Waals surface area contributed by atoms with Gasteiger partial charge in [0.1, 0.15) is 11.8 Å². The molecule has 2 aromatic rings. The highest BCUT2D eigenvalue weighted by atomic mass is 79.9. The number of nitrogens with one attached hydrogen (secondary N) is 1. The van der Waals surface area contributed by atoms with Crippen molar-refractivity contribution >= 4 is 27.7 Å². The number of halogens is 1. The fourth-order valence-electron chi connectivity index (χ4n) is 3.81. The summed E-state index contributed by atoms with van der Waals surface area (Å²) in [6.07, 6.45) is 5.26. The van der Waals surface area contributed by atoms with E-state index in [1.165, 1.54) is 5.56 Å². The Kier molecular flexibility index (Phi) is 8.52. The molecule has 31 heavy (non-hydrogen) atoms. The number of benzene rings is 2. The third-order valence-corrected chi connectivity index (χ3v) is 6.36. The standard InChI is InChI=1S/C25H31BrN2O3/c1-3-19-10-14-23(15-11-19)31-17-24(29)28(16-20-8-12-21(26)13-9-20)18(2)25(30)27-22-6-4-5-7-22/h8-15,18,22H,3-7,16-17H2,1-2H3,(H,27,30)/t18-/m1/s1. The van der Waals surface area contributed by atoms with Crippen molar-refractivity contribution in [2.45, 2.75) is 64.6 Å². The number of carbonyl (C=O) groups is 2. The van der Waals surface area contributed by atoms with Crippen molar-refractivity contribution in [3.63, 3.8) is 0 Å². The van der Waals surface area contributed by atoms with Crippen LogP contribution in [0.15, 0.2) is 53.0 Å².